The van der Waals surface area contributed by atoms with E-state index in [1.807, 2.05) is 5.43 Å². The third kappa shape index (κ3) is 2.32. The molecule has 64 valence electrons. The number of hydrogen-bond donors (Lipinski definition) is 2. The molecule has 1 aromatic carbocycles. The van der Waals surface area contributed by atoms with E-state index in [-0.39, 0.29) is 18.1 Å². The third-order valence-corrected chi connectivity index (χ3v) is 1.41. The van der Waals surface area contributed by atoms with E-state index in [1.165, 1.54) is 12.1 Å². The summed E-state index contributed by atoms with van der Waals surface area (Å²) in [5, 5.41) is 0. The third-order valence-electron chi connectivity index (χ3n) is 1.41. The van der Waals surface area contributed by atoms with Crippen LogP contribution >= 0.6 is 0 Å². The molecule has 3 nitrogen and oxygen atoms in total. The minimum absolute atomic E-state index is 0.105. The standard InChI is InChI=1S/C8H9FN2O/c9-7-3-1-2-6(4-7)5-8(12)11-10/h1-4H,5,10H2,(H,11,12). The second-order valence-corrected chi connectivity index (χ2v) is 2.37. The Morgan fingerprint density at radius 1 is 1.58 bits per heavy atom. The minimum Gasteiger partial charge on any atom is -0.294 e. The minimum atomic E-state index is -0.350. The van der Waals surface area contributed by atoms with Gasteiger partial charge in [-0.25, -0.2) is 10.2 Å². The fourth-order valence-corrected chi connectivity index (χ4v) is 0.883. The Morgan fingerprint density at radius 2 is 2.33 bits per heavy atom. The molecule has 1 rings (SSSR count). The Morgan fingerprint density at radius 3 is 2.92 bits per heavy atom. The molecule has 0 saturated carbocycles. The van der Waals surface area contributed by atoms with Gasteiger partial charge in [0.15, 0.2) is 0 Å². The van der Waals surface area contributed by atoms with Crippen molar-refractivity contribution in [3.05, 3.63) is 35.6 Å². The van der Waals surface area contributed by atoms with E-state index in [1.54, 1.807) is 12.1 Å². The Labute approximate surface area is 69.3 Å². The van der Waals surface area contributed by atoms with Crippen LogP contribution in [0.5, 0.6) is 0 Å². The molecule has 0 heterocycles. The van der Waals surface area contributed by atoms with Gasteiger partial charge in [-0.2, -0.15) is 0 Å². The summed E-state index contributed by atoms with van der Waals surface area (Å²) in [6.45, 7) is 0. The van der Waals surface area contributed by atoms with Crippen molar-refractivity contribution in [3.8, 4) is 0 Å². The van der Waals surface area contributed by atoms with Gasteiger partial charge < -0.3 is 0 Å². The van der Waals surface area contributed by atoms with Crippen LogP contribution in [0.3, 0.4) is 0 Å². The molecule has 0 aliphatic rings. The van der Waals surface area contributed by atoms with Crippen molar-refractivity contribution >= 4 is 5.91 Å². The zero-order valence-corrected chi connectivity index (χ0v) is 6.38. The van der Waals surface area contributed by atoms with Crippen LogP contribution in [0.2, 0.25) is 0 Å². The maximum absolute atomic E-state index is 12.6. The van der Waals surface area contributed by atoms with E-state index in [2.05, 4.69) is 0 Å². The van der Waals surface area contributed by atoms with Crippen LogP contribution in [0, 0.1) is 5.82 Å². The fourth-order valence-electron chi connectivity index (χ4n) is 0.883. The number of nitrogens with two attached hydrogens (primary N) is 1. The van der Waals surface area contributed by atoms with Gasteiger partial charge in [-0.1, -0.05) is 12.1 Å². The lowest BCUT2D eigenvalue weighted by molar-refractivity contribution is -0.120. The number of nitrogens with one attached hydrogen (secondary N) is 1. The number of benzene rings is 1. The summed E-state index contributed by atoms with van der Waals surface area (Å²) in [6.07, 6.45) is 0.105. The second-order valence-electron chi connectivity index (χ2n) is 2.37. The van der Waals surface area contributed by atoms with Crippen molar-refractivity contribution in [2.24, 2.45) is 5.84 Å². The van der Waals surface area contributed by atoms with Gasteiger partial charge in [0.2, 0.25) is 5.91 Å². The highest BCUT2D eigenvalue weighted by Crippen LogP contribution is 2.03. The predicted molar refractivity (Wildman–Crippen MR) is 42.4 cm³/mol. The van der Waals surface area contributed by atoms with Crippen LogP contribution in [0.4, 0.5) is 4.39 Å². The number of hydrazine groups is 1. The zero-order valence-electron chi connectivity index (χ0n) is 6.38. The summed E-state index contributed by atoms with van der Waals surface area (Å²) in [4.78, 5) is 10.7. The number of carbonyl (C=O) groups is 1. The van der Waals surface area contributed by atoms with Crippen LogP contribution in [-0.4, -0.2) is 5.91 Å². The van der Waals surface area contributed by atoms with Gasteiger partial charge in [0.1, 0.15) is 5.82 Å². The maximum atomic E-state index is 12.6. The average molecular weight is 168 g/mol. The lowest BCUT2D eigenvalue weighted by atomic mass is 10.1. The lowest BCUT2D eigenvalue weighted by Crippen LogP contribution is -2.31. The number of amides is 1. The highest BCUT2D eigenvalue weighted by molar-refractivity contribution is 5.77. The van der Waals surface area contributed by atoms with Crippen LogP contribution in [0.15, 0.2) is 24.3 Å². The summed E-state index contributed by atoms with van der Waals surface area (Å²) in [5.74, 6) is 4.18. The van der Waals surface area contributed by atoms with E-state index < -0.39 is 0 Å². The fraction of sp³-hybridized carbons (Fsp3) is 0.125. The topological polar surface area (TPSA) is 55.1 Å². The smallest absolute Gasteiger partial charge is 0.238 e. The molecule has 0 atom stereocenters. The van der Waals surface area contributed by atoms with Crippen LogP contribution in [-0.2, 0) is 11.2 Å². The van der Waals surface area contributed by atoms with Gasteiger partial charge in [0.05, 0.1) is 6.42 Å². The highest BCUT2D eigenvalue weighted by Gasteiger charge is 2.00. The van der Waals surface area contributed by atoms with Crippen molar-refractivity contribution in [2.45, 2.75) is 6.42 Å². The lowest BCUT2D eigenvalue weighted by Gasteiger charge is -1.99. The summed E-state index contributed by atoms with van der Waals surface area (Å²) in [6, 6.07) is 5.84. The van der Waals surface area contributed by atoms with E-state index in [9.17, 15) is 9.18 Å². The largest absolute Gasteiger partial charge is 0.294 e. The molecule has 0 aromatic heterocycles. The molecule has 0 aliphatic heterocycles. The van der Waals surface area contributed by atoms with Crippen molar-refractivity contribution in [3.63, 3.8) is 0 Å². The SMILES string of the molecule is NNC(=O)Cc1cccc(F)c1. The van der Waals surface area contributed by atoms with Crippen LogP contribution in [0.25, 0.3) is 0 Å². The first-order chi connectivity index (χ1) is 5.72. The Bertz CT molecular complexity index is 288. The molecule has 0 bridgehead atoms. The quantitative estimate of drug-likeness (QED) is 0.380. The van der Waals surface area contributed by atoms with Crippen molar-refractivity contribution < 1.29 is 9.18 Å². The van der Waals surface area contributed by atoms with Crippen LogP contribution < -0.4 is 11.3 Å². The van der Waals surface area contributed by atoms with Crippen molar-refractivity contribution in [1.82, 2.24) is 5.43 Å². The average Bonchev–Trinajstić information content (AvgIpc) is 2.04. The van der Waals surface area contributed by atoms with Gasteiger partial charge in [0, 0.05) is 0 Å². The maximum Gasteiger partial charge on any atom is 0.238 e. The molecule has 1 amide bonds. The van der Waals surface area contributed by atoms with Gasteiger partial charge in [0.25, 0.3) is 0 Å². The molecule has 0 aliphatic carbocycles. The Hall–Kier alpha value is -1.42. The van der Waals surface area contributed by atoms with Crippen molar-refractivity contribution in [2.75, 3.05) is 0 Å². The summed E-state index contributed by atoms with van der Waals surface area (Å²) < 4.78 is 12.6. The van der Waals surface area contributed by atoms with Gasteiger partial charge >= 0.3 is 0 Å². The zero-order chi connectivity index (χ0) is 8.97. The predicted octanol–water partition coefficient (Wildman–Crippen LogP) is 0.358. The molecule has 0 unspecified atom stereocenters. The second kappa shape index (κ2) is 3.82. The highest BCUT2D eigenvalue weighted by atomic mass is 19.1. The molecule has 4 heteroatoms. The van der Waals surface area contributed by atoms with E-state index in [0.29, 0.717) is 5.56 Å². The monoisotopic (exact) mass is 168 g/mol. The number of halogens is 1. The van der Waals surface area contributed by atoms with Gasteiger partial charge in [-0.15, -0.1) is 0 Å². The molecule has 0 fully saturated rings. The molecule has 0 spiro atoms. The van der Waals surface area contributed by atoms with Gasteiger partial charge in [-0.3, -0.25) is 10.2 Å². The summed E-state index contributed by atoms with van der Waals surface area (Å²) >= 11 is 0. The first kappa shape index (κ1) is 8.67. The first-order valence-corrected chi connectivity index (χ1v) is 3.46. The summed E-state index contributed by atoms with van der Waals surface area (Å²) in [5.41, 5.74) is 2.58. The van der Waals surface area contributed by atoms with E-state index in [4.69, 9.17) is 5.84 Å². The van der Waals surface area contributed by atoms with E-state index >= 15 is 0 Å². The molecular formula is C8H9FN2O. The normalized spacial score (nSPS) is 9.50. The number of hydrogen-bond acceptors (Lipinski definition) is 2. The van der Waals surface area contributed by atoms with E-state index in [0.717, 1.165) is 0 Å². The van der Waals surface area contributed by atoms with Crippen molar-refractivity contribution in [1.29, 1.82) is 0 Å². The molecule has 12 heavy (non-hydrogen) atoms. The molecular weight excluding hydrogens is 159 g/mol. The summed E-state index contributed by atoms with van der Waals surface area (Å²) in [7, 11) is 0. The van der Waals surface area contributed by atoms with Crippen LogP contribution in [0.1, 0.15) is 5.56 Å². The number of rotatable bonds is 2. The Balaban J connectivity index is 2.69. The molecule has 0 saturated heterocycles. The molecule has 1 aromatic rings. The number of carbonyl (C=O) groups excluding carboxylic acids is 1. The first-order valence-electron chi connectivity index (χ1n) is 3.46. The van der Waals surface area contributed by atoms with Gasteiger partial charge in [-0.05, 0) is 17.7 Å². The molecule has 3 N–H and O–H groups in total. The molecule has 0 radical (unpaired) electrons. The Kier molecular flexibility index (Phi) is 2.76.